The quantitative estimate of drug-likeness (QED) is 0.372. The largest absolute Gasteiger partial charge is 0.497 e. The highest BCUT2D eigenvalue weighted by atomic mass is 32.1. The second-order valence-electron chi connectivity index (χ2n) is 8.96. The Balaban J connectivity index is 1.60. The summed E-state index contributed by atoms with van der Waals surface area (Å²) in [6, 6.07) is 20.5. The molecule has 3 aromatic heterocycles. The smallest absolute Gasteiger partial charge is 0.170 e. The summed E-state index contributed by atoms with van der Waals surface area (Å²) in [5.74, 6) is 1.77. The van der Waals surface area contributed by atoms with Gasteiger partial charge in [0, 0.05) is 30.3 Å². The number of rotatable bonds is 6. The minimum Gasteiger partial charge on any atom is -0.497 e. The molecular formula is C28H29N5OS. The molecule has 0 bridgehead atoms. The van der Waals surface area contributed by atoms with Crippen molar-refractivity contribution in [1.29, 1.82) is 0 Å². The lowest BCUT2D eigenvalue weighted by molar-refractivity contribution is 0.310. The van der Waals surface area contributed by atoms with Gasteiger partial charge in [0.1, 0.15) is 11.6 Å². The van der Waals surface area contributed by atoms with Gasteiger partial charge in [-0.3, -0.25) is 4.98 Å². The predicted octanol–water partition coefficient (Wildman–Crippen LogP) is 5.37. The van der Waals surface area contributed by atoms with E-state index >= 15 is 0 Å². The van der Waals surface area contributed by atoms with E-state index in [9.17, 15) is 0 Å². The second kappa shape index (κ2) is 9.50. The Morgan fingerprint density at radius 1 is 0.971 bits per heavy atom. The monoisotopic (exact) mass is 483 g/mol. The molecule has 1 fully saturated rings. The average molecular weight is 484 g/mol. The number of ether oxygens (including phenoxy) is 1. The maximum absolute atomic E-state index is 5.88. The van der Waals surface area contributed by atoms with E-state index in [0.717, 1.165) is 39.3 Å². The number of thiocarbonyl (C=S) groups is 1. The molecule has 0 unspecified atom stereocenters. The third-order valence-electron chi connectivity index (χ3n) is 6.63. The minimum absolute atomic E-state index is 0.0238. The molecule has 4 heterocycles. The number of benzene rings is 1. The van der Waals surface area contributed by atoms with E-state index in [1.807, 2.05) is 42.7 Å². The van der Waals surface area contributed by atoms with Gasteiger partial charge in [-0.2, -0.15) is 0 Å². The Kier molecular flexibility index (Phi) is 6.26. The van der Waals surface area contributed by atoms with Gasteiger partial charge in [-0.15, -0.1) is 0 Å². The molecule has 0 amide bonds. The number of aromatic nitrogens is 3. The number of pyridine rings is 2. The summed E-state index contributed by atoms with van der Waals surface area (Å²) in [5.41, 5.74) is 6.81. The number of nitrogens with one attached hydrogen (secondary N) is 1. The van der Waals surface area contributed by atoms with Crippen LogP contribution in [0.1, 0.15) is 45.9 Å². The zero-order valence-electron chi connectivity index (χ0n) is 20.4. The van der Waals surface area contributed by atoms with Gasteiger partial charge in [0.05, 0.1) is 24.9 Å². The van der Waals surface area contributed by atoms with Gasteiger partial charge in [-0.05, 0) is 92.1 Å². The molecule has 6 nitrogen and oxygen atoms in total. The fraction of sp³-hybridized carbons (Fsp3) is 0.250. The Hall–Kier alpha value is -3.71. The van der Waals surface area contributed by atoms with Crippen molar-refractivity contribution < 1.29 is 4.74 Å². The van der Waals surface area contributed by atoms with Gasteiger partial charge in [0.2, 0.25) is 0 Å². The lowest BCUT2D eigenvalue weighted by Crippen LogP contribution is -2.29. The molecule has 35 heavy (non-hydrogen) atoms. The first-order valence-corrected chi connectivity index (χ1v) is 12.1. The fourth-order valence-corrected chi connectivity index (χ4v) is 5.23. The summed E-state index contributed by atoms with van der Waals surface area (Å²) in [6.45, 7) is 7.06. The van der Waals surface area contributed by atoms with E-state index in [1.54, 1.807) is 7.11 Å². The summed E-state index contributed by atoms with van der Waals surface area (Å²) in [6.07, 6.45) is 3.70. The summed E-state index contributed by atoms with van der Waals surface area (Å²) in [4.78, 5) is 11.6. The molecule has 1 N–H and O–H groups in total. The predicted molar refractivity (Wildman–Crippen MR) is 142 cm³/mol. The van der Waals surface area contributed by atoms with Gasteiger partial charge in [-0.25, -0.2) is 4.98 Å². The molecule has 0 aliphatic carbocycles. The van der Waals surface area contributed by atoms with E-state index in [2.05, 4.69) is 75.9 Å². The minimum atomic E-state index is -0.0682. The van der Waals surface area contributed by atoms with Crippen molar-refractivity contribution in [1.82, 2.24) is 24.8 Å². The van der Waals surface area contributed by atoms with Gasteiger partial charge in [-0.1, -0.05) is 18.2 Å². The van der Waals surface area contributed by atoms with E-state index < -0.39 is 0 Å². The van der Waals surface area contributed by atoms with E-state index in [-0.39, 0.29) is 12.1 Å². The maximum Gasteiger partial charge on any atom is 0.170 e. The molecule has 0 saturated carbocycles. The Morgan fingerprint density at radius 3 is 2.46 bits per heavy atom. The number of aryl methyl sites for hydroxylation is 2. The van der Waals surface area contributed by atoms with E-state index in [0.29, 0.717) is 6.54 Å². The van der Waals surface area contributed by atoms with Gasteiger partial charge in [0.15, 0.2) is 5.11 Å². The fourth-order valence-electron chi connectivity index (χ4n) is 4.92. The standard InChI is InChI=1S/C28H29N5OS/c1-18-12-14-30-25(15-18)33-19(2)16-23(20(33)3)27-26(24-7-5-6-13-29-24)31-28(35)32(27)17-21-8-10-22(34-4)11-9-21/h5-16,26-27H,17H2,1-4H3,(H,31,35)/t26-,27+/m1/s1. The number of methoxy groups -OCH3 is 1. The van der Waals surface area contributed by atoms with Crippen LogP contribution in [0.15, 0.2) is 73.1 Å². The van der Waals surface area contributed by atoms with E-state index in [4.69, 9.17) is 17.0 Å². The Labute approximate surface area is 211 Å². The van der Waals surface area contributed by atoms with Crippen molar-refractivity contribution in [2.24, 2.45) is 0 Å². The number of nitrogens with zero attached hydrogens (tertiary/aromatic N) is 4. The molecule has 1 aliphatic heterocycles. The highest BCUT2D eigenvalue weighted by Crippen LogP contribution is 2.42. The first-order valence-electron chi connectivity index (χ1n) is 11.7. The zero-order chi connectivity index (χ0) is 24.5. The SMILES string of the molecule is COc1ccc(CN2C(=S)N[C@H](c3ccccn3)[C@@H]2c2cc(C)n(-c3cc(C)ccn3)c2C)cc1. The van der Waals surface area contributed by atoms with Crippen LogP contribution in [0.5, 0.6) is 5.75 Å². The van der Waals surface area contributed by atoms with Crippen LogP contribution in [0.3, 0.4) is 0 Å². The van der Waals surface area contributed by atoms with Crippen molar-refractivity contribution in [3.63, 3.8) is 0 Å². The van der Waals surface area contributed by atoms with Crippen LogP contribution in [0, 0.1) is 20.8 Å². The third-order valence-corrected chi connectivity index (χ3v) is 6.98. The summed E-state index contributed by atoms with van der Waals surface area (Å²) >= 11 is 5.88. The van der Waals surface area contributed by atoms with Crippen molar-refractivity contribution in [2.45, 2.75) is 39.4 Å². The number of hydrogen-bond donors (Lipinski definition) is 1. The first-order chi connectivity index (χ1) is 17.0. The van der Waals surface area contributed by atoms with Crippen LogP contribution in [-0.2, 0) is 6.54 Å². The van der Waals surface area contributed by atoms with Crippen molar-refractivity contribution >= 4 is 17.3 Å². The zero-order valence-corrected chi connectivity index (χ0v) is 21.2. The average Bonchev–Trinajstić information content (AvgIpc) is 3.34. The summed E-state index contributed by atoms with van der Waals surface area (Å²) in [5, 5.41) is 4.28. The van der Waals surface area contributed by atoms with Crippen molar-refractivity contribution in [2.75, 3.05) is 7.11 Å². The van der Waals surface area contributed by atoms with Crippen molar-refractivity contribution in [3.05, 3.63) is 107 Å². The highest BCUT2D eigenvalue weighted by molar-refractivity contribution is 7.80. The molecule has 0 radical (unpaired) electrons. The maximum atomic E-state index is 5.88. The molecule has 0 spiro atoms. The molecular weight excluding hydrogens is 454 g/mol. The molecule has 4 aromatic rings. The van der Waals surface area contributed by atoms with Gasteiger partial charge >= 0.3 is 0 Å². The normalized spacial score (nSPS) is 17.5. The van der Waals surface area contributed by atoms with Crippen LogP contribution >= 0.6 is 12.2 Å². The van der Waals surface area contributed by atoms with Gasteiger partial charge in [0.25, 0.3) is 0 Å². The van der Waals surface area contributed by atoms with Crippen LogP contribution in [0.2, 0.25) is 0 Å². The van der Waals surface area contributed by atoms with Gasteiger partial charge < -0.3 is 19.5 Å². The molecule has 7 heteroatoms. The topological polar surface area (TPSA) is 55.2 Å². The second-order valence-corrected chi connectivity index (χ2v) is 9.34. The van der Waals surface area contributed by atoms with Crippen molar-refractivity contribution in [3.8, 4) is 11.6 Å². The van der Waals surface area contributed by atoms with Crippen LogP contribution in [0.4, 0.5) is 0 Å². The van der Waals surface area contributed by atoms with Crippen LogP contribution < -0.4 is 10.1 Å². The molecule has 178 valence electrons. The lowest BCUT2D eigenvalue weighted by Gasteiger charge is -2.28. The summed E-state index contributed by atoms with van der Waals surface area (Å²) < 4.78 is 7.57. The number of hydrogen-bond acceptors (Lipinski definition) is 4. The van der Waals surface area contributed by atoms with Crippen LogP contribution in [-0.4, -0.2) is 31.7 Å². The Bertz CT molecular complexity index is 1350. The summed E-state index contributed by atoms with van der Waals surface area (Å²) in [7, 11) is 1.68. The molecule has 1 saturated heterocycles. The lowest BCUT2D eigenvalue weighted by atomic mass is 9.96. The highest BCUT2D eigenvalue weighted by Gasteiger charge is 2.41. The third kappa shape index (κ3) is 4.39. The molecule has 1 aliphatic rings. The molecule has 2 atom stereocenters. The van der Waals surface area contributed by atoms with Crippen LogP contribution in [0.25, 0.3) is 5.82 Å². The molecule has 1 aromatic carbocycles. The Morgan fingerprint density at radius 2 is 1.77 bits per heavy atom. The van der Waals surface area contributed by atoms with E-state index in [1.165, 1.54) is 11.1 Å². The first kappa shape index (κ1) is 23.1. The molecule has 5 rings (SSSR count).